The minimum absolute atomic E-state index is 0.0294. The number of carbonyl (C=O) groups is 2. The molecule has 0 saturated carbocycles. The summed E-state index contributed by atoms with van der Waals surface area (Å²) in [6, 6.07) is 6.41. The van der Waals surface area contributed by atoms with Crippen LogP contribution in [0.2, 0.25) is 0 Å². The molecule has 0 N–H and O–H groups in total. The standard InChI is InChI=1S/C24H29FN4O3/c1-16-12-17(2)23(26-14-16)27-8-10-28(11-9-27)24(31)20-6-4-18(13-21(20)25)29-19(15-32-3)5-7-22(29)30/h4,6,12-14,19H,5,7-11,15H2,1-3H3/t19-/m1/s1. The average molecular weight is 441 g/mol. The van der Waals surface area contributed by atoms with E-state index in [2.05, 4.69) is 16.0 Å². The average Bonchev–Trinajstić information content (AvgIpc) is 3.14. The predicted molar refractivity (Wildman–Crippen MR) is 121 cm³/mol. The van der Waals surface area contributed by atoms with Crippen molar-refractivity contribution in [3.63, 3.8) is 0 Å². The van der Waals surface area contributed by atoms with E-state index in [0.29, 0.717) is 51.3 Å². The quantitative estimate of drug-likeness (QED) is 0.715. The maximum absolute atomic E-state index is 14.9. The zero-order valence-corrected chi connectivity index (χ0v) is 18.8. The number of hydrogen-bond donors (Lipinski definition) is 0. The number of methoxy groups -OCH3 is 1. The van der Waals surface area contributed by atoms with Crippen molar-refractivity contribution in [2.75, 3.05) is 49.7 Å². The maximum atomic E-state index is 14.9. The fourth-order valence-corrected chi connectivity index (χ4v) is 4.61. The monoisotopic (exact) mass is 440 g/mol. The van der Waals surface area contributed by atoms with Crippen LogP contribution in [0, 0.1) is 19.7 Å². The van der Waals surface area contributed by atoms with Crippen LogP contribution in [0.3, 0.4) is 0 Å². The van der Waals surface area contributed by atoms with Gasteiger partial charge in [-0.15, -0.1) is 0 Å². The number of amides is 2. The van der Waals surface area contributed by atoms with Gasteiger partial charge in [0.1, 0.15) is 11.6 Å². The van der Waals surface area contributed by atoms with Crippen molar-refractivity contribution >= 4 is 23.3 Å². The Hall–Kier alpha value is -3.00. The fraction of sp³-hybridized carbons (Fsp3) is 0.458. The van der Waals surface area contributed by atoms with Crippen molar-refractivity contribution in [2.45, 2.75) is 32.7 Å². The number of aryl methyl sites for hydroxylation is 2. The zero-order valence-electron chi connectivity index (χ0n) is 18.8. The van der Waals surface area contributed by atoms with Gasteiger partial charge in [-0.2, -0.15) is 0 Å². The fourth-order valence-electron chi connectivity index (χ4n) is 4.61. The predicted octanol–water partition coefficient (Wildman–Crippen LogP) is 2.94. The summed E-state index contributed by atoms with van der Waals surface area (Å²) in [6.07, 6.45) is 2.93. The van der Waals surface area contributed by atoms with E-state index in [0.717, 1.165) is 16.9 Å². The Balaban J connectivity index is 1.44. The molecule has 1 atom stereocenters. The van der Waals surface area contributed by atoms with Gasteiger partial charge in [0.05, 0.1) is 18.2 Å². The second-order valence-electron chi connectivity index (χ2n) is 8.51. The summed E-state index contributed by atoms with van der Waals surface area (Å²) < 4.78 is 20.1. The SMILES string of the molecule is COC[C@H]1CCC(=O)N1c1ccc(C(=O)N2CCN(c3ncc(C)cc3C)CC2)c(F)c1. The number of aromatic nitrogens is 1. The van der Waals surface area contributed by atoms with E-state index < -0.39 is 5.82 Å². The Morgan fingerprint density at radius 1 is 1.19 bits per heavy atom. The molecule has 2 saturated heterocycles. The first kappa shape index (κ1) is 22.2. The summed E-state index contributed by atoms with van der Waals surface area (Å²) in [4.78, 5) is 35.2. The van der Waals surface area contributed by atoms with E-state index in [4.69, 9.17) is 4.74 Å². The third-order valence-corrected chi connectivity index (χ3v) is 6.20. The van der Waals surface area contributed by atoms with E-state index in [1.165, 1.54) is 12.1 Å². The van der Waals surface area contributed by atoms with Crippen LogP contribution < -0.4 is 9.80 Å². The Labute approximate surface area is 187 Å². The minimum atomic E-state index is -0.609. The van der Waals surface area contributed by atoms with Crippen LogP contribution in [0.1, 0.15) is 34.3 Å². The van der Waals surface area contributed by atoms with Gasteiger partial charge in [0, 0.05) is 51.6 Å². The number of piperazine rings is 1. The number of nitrogens with zero attached hydrogens (tertiary/aromatic N) is 4. The summed E-state index contributed by atoms with van der Waals surface area (Å²) in [5.74, 6) is -0.0638. The number of halogens is 1. The van der Waals surface area contributed by atoms with Crippen molar-refractivity contribution in [2.24, 2.45) is 0 Å². The molecule has 0 aliphatic carbocycles. The smallest absolute Gasteiger partial charge is 0.256 e. The number of pyridine rings is 1. The van der Waals surface area contributed by atoms with Gasteiger partial charge in [-0.05, 0) is 49.6 Å². The van der Waals surface area contributed by atoms with Gasteiger partial charge in [0.2, 0.25) is 5.91 Å². The Bertz CT molecular complexity index is 1020. The van der Waals surface area contributed by atoms with Crippen LogP contribution in [0.5, 0.6) is 0 Å². The molecule has 1 aromatic heterocycles. The zero-order chi connectivity index (χ0) is 22.8. The van der Waals surface area contributed by atoms with Crippen molar-refractivity contribution in [3.8, 4) is 0 Å². The van der Waals surface area contributed by atoms with E-state index in [1.54, 1.807) is 23.0 Å². The highest BCUT2D eigenvalue weighted by atomic mass is 19.1. The molecule has 3 heterocycles. The van der Waals surface area contributed by atoms with Crippen molar-refractivity contribution < 1.29 is 18.7 Å². The van der Waals surface area contributed by atoms with Gasteiger partial charge in [-0.1, -0.05) is 6.07 Å². The van der Waals surface area contributed by atoms with Crippen LogP contribution >= 0.6 is 0 Å². The number of benzene rings is 1. The first-order valence-electron chi connectivity index (χ1n) is 11.0. The molecule has 0 spiro atoms. The minimum Gasteiger partial charge on any atom is -0.383 e. The van der Waals surface area contributed by atoms with Crippen LogP contribution in [-0.4, -0.2) is 67.6 Å². The number of ether oxygens (including phenoxy) is 1. The summed E-state index contributed by atoms with van der Waals surface area (Å²) in [7, 11) is 1.58. The molecule has 4 rings (SSSR count). The Morgan fingerprint density at radius 2 is 1.94 bits per heavy atom. The molecule has 7 nitrogen and oxygen atoms in total. The number of rotatable bonds is 5. The van der Waals surface area contributed by atoms with Crippen molar-refractivity contribution in [3.05, 3.63) is 53.0 Å². The molecule has 2 amide bonds. The second-order valence-corrected chi connectivity index (χ2v) is 8.51. The lowest BCUT2D eigenvalue weighted by Gasteiger charge is -2.36. The molecule has 0 bridgehead atoms. The van der Waals surface area contributed by atoms with E-state index in [9.17, 15) is 14.0 Å². The molecule has 2 aromatic rings. The Kier molecular flexibility index (Phi) is 6.41. The lowest BCUT2D eigenvalue weighted by atomic mass is 10.1. The highest BCUT2D eigenvalue weighted by Gasteiger charge is 2.33. The van der Waals surface area contributed by atoms with Gasteiger partial charge in [-0.3, -0.25) is 9.59 Å². The largest absolute Gasteiger partial charge is 0.383 e. The molecule has 1 aromatic carbocycles. The summed E-state index contributed by atoms with van der Waals surface area (Å²) in [5.41, 5.74) is 2.72. The molecule has 2 fully saturated rings. The van der Waals surface area contributed by atoms with Gasteiger partial charge in [0.15, 0.2) is 0 Å². The van der Waals surface area contributed by atoms with Gasteiger partial charge in [0.25, 0.3) is 5.91 Å². The van der Waals surface area contributed by atoms with Crippen LogP contribution in [0.15, 0.2) is 30.5 Å². The molecule has 170 valence electrons. The third-order valence-electron chi connectivity index (χ3n) is 6.20. The molecular weight excluding hydrogens is 411 g/mol. The summed E-state index contributed by atoms with van der Waals surface area (Å²) in [6.45, 7) is 6.72. The van der Waals surface area contributed by atoms with Gasteiger partial charge >= 0.3 is 0 Å². The number of anilines is 2. The first-order chi connectivity index (χ1) is 15.4. The second kappa shape index (κ2) is 9.24. The molecular formula is C24H29FN4O3. The molecule has 0 unspecified atom stereocenters. The van der Waals surface area contributed by atoms with Crippen molar-refractivity contribution in [1.82, 2.24) is 9.88 Å². The molecule has 8 heteroatoms. The normalized spacial score (nSPS) is 19.1. The molecule has 32 heavy (non-hydrogen) atoms. The number of hydrogen-bond acceptors (Lipinski definition) is 5. The molecule has 2 aliphatic rings. The van der Waals surface area contributed by atoms with E-state index in [1.807, 2.05) is 20.0 Å². The topological polar surface area (TPSA) is 66.0 Å². The highest BCUT2D eigenvalue weighted by molar-refractivity contribution is 5.98. The van der Waals surface area contributed by atoms with Crippen LogP contribution in [0.4, 0.5) is 15.9 Å². The van der Waals surface area contributed by atoms with E-state index in [-0.39, 0.29) is 23.4 Å². The maximum Gasteiger partial charge on any atom is 0.256 e. The number of carbonyl (C=O) groups excluding carboxylic acids is 2. The summed E-state index contributed by atoms with van der Waals surface area (Å²) in [5, 5.41) is 0. The highest BCUT2D eigenvalue weighted by Crippen LogP contribution is 2.29. The van der Waals surface area contributed by atoms with Gasteiger partial charge in [-0.25, -0.2) is 9.37 Å². The van der Waals surface area contributed by atoms with Crippen molar-refractivity contribution in [1.29, 1.82) is 0 Å². The first-order valence-corrected chi connectivity index (χ1v) is 11.0. The van der Waals surface area contributed by atoms with Crippen LogP contribution in [-0.2, 0) is 9.53 Å². The van der Waals surface area contributed by atoms with E-state index >= 15 is 0 Å². The molecule has 2 aliphatic heterocycles. The Morgan fingerprint density at radius 3 is 2.59 bits per heavy atom. The lowest BCUT2D eigenvalue weighted by molar-refractivity contribution is -0.117. The molecule has 0 radical (unpaired) electrons. The lowest BCUT2D eigenvalue weighted by Crippen LogP contribution is -2.49. The summed E-state index contributed by atoms with van der Waals surface area (Å²) >= 11 is 0. The third kappa shape index (κ3) is 4.32. The van der Waals surface area contributed by atoms with Gasteiger partial charge < -0.3 is 19.4 Å². The van der Waals surface area contributed by atoms with Crippen LogP contribution in [0.25, 0.3) is 0 Å².